The number of hydrogen-bond donors (Lipinski definition) is 2. The van der Waals surface area contributed by atoms with Crippen LogP contribution in [-0.4, -0.2) is 16.1 Å². The average Bonchev–Trinajstić information content (AvgIpc) is 2.33. The smallest absolute Gasteiger partial charge is 0.339 e. The van der Waals surface area contributed by atoms with Gasteiger partial charge in [-0.05, 0) is 37.1 Å². The van der Waals surface area contributed by atoms with Crippen molar-refractivity contribution in [3.05, 3.63) is 52.2 Å². The first kappa shape index (κ1) is 13.4. The van der Waals surface area contributed by atoms with Crippen LogP contribution in [0.5, 0.6) is 0 Å². The Kier molecular flexibility index (Phi) is 3.71. The largest absolute Gasteiger partial charge is 0.478 e. The summed E-state index contributed by atoms with van der Waals surface area (Å²) in [6.07, 6.45) is 0. The number of carboxylic acid groups (broad SMARTS) is 1. The van der Waals surface area contributed by atoms with Crippen molar-refractivity contribution in [2.24, 2.45) is 0 Å². The van der Waals surface area contributed by atoms with Crippen molar-refractivity contribution >= 4 is 29.1 Å². The first-order valence-corrected chi connectivity index (χ1v) is 6.10. The number of anilines is 2. The summed E-state index contributed by atoms with van der Waals surface area (Å²) in [5.41, 5.74) is 2.96. The molecule has 2 aromatic rings. The highest BCUT2D eigenvalue weighted by molar-refractivity contribution is 6.29. The third-order valence-corrected chi connectivity index (χ3v) is 3.03. The molecule has 0 spiro atoms. The number of rotatable bonds is 3. The quantitative estimate of drug-likeness (QED) is 0.837. The van der Waals surface area contributed by atoms with Crippen LogP contribution in [0, 0.1) is 13.8 Å². The molecule has 19 heavy (non-hydrogen) atoms. The fraction of sp³-hybridized carbons (Fsp3) is 0.143. The number of para-hydroxylation sites is 1. The van der Waals surface area contributed by atoms with Gasteiger partial charge in [0.15, 0.2) is 0 Å². The monoisotopic (exact) mass is 276 g/mol. The molecular formula is C14H13ClN2O2. The molecule has 2 N–H and O–H groups in total. The molecule has 5 heteroatoms. The van der Waals surface area contributed by atoms with E-state index in [1.807, 2.05) is 32.0 Å². The number of aromatic nitrogens is 1. The predicted octanol–water partition coefficient (Wildman–Crippen LogP) is 3.79. The van der Waals surface area contributed by atoms with Crippen molar-refractivity contribution in [3.8, 4) is 0 Å². The van der Waals surface area contributed by atoms with Crippen molar-refractivity contribution in [3.63, 3.8) is 0 Å². The number of halogens is 1. The summed E-state index contributed by atoms with van der Waals surface area (Å²) in [7, 11) is 0. The van der Waals surface area contributed by atoms with Gasteiger partial charge in [0.25, 0.3) is 0 Å². The molecule has 0 aliphatic carbocycles. The topological polar surface area (TPSA) is 62.2 Å². The Hall–Kier alpha value is -2.07. The minimum absolute atomic E-state index is 0.0899. The Balaban J connectivity index is 2.49. The van der Waals surface area contributed by atoms with Crippen LogP contribution in [0.2, 0.25) is 5.15 Å². The van der Waals surface area contributed by atoms with Crippen LogP contribution in [0.3, 0.4) is 0 Å². The second kappa shape index (κ2) is 5.28. The molecule has 1 heterocycles. The first-order chi connectivity index (χ1) is 8.99. The fourth-order valence-corrected chi connectivity index (χ4v) is 1.98. The molecule has 0 aliphatic heterocycles. The normalized spacial score (nSPS) is 10.3. The maximum Gasteiger partial charge on any atom is 0.339 e. The molecule has 0 fully saturated rings. The Labute approximate surface area is 116 Å². The number of hydrogen-bond acceptors (Lipinski definition) is 3. The van der Waals surface area contributed by atoms with Crippen LogP contribution in [0.15, 0.2) is 30.3 Å². The highest BCUT2D eigenvalue weighted by atomic mass is 35.5. The zero-order chi connectivity index (χ0) is 14.0. The van der Waals surface area contributed by atoms with Gasteiger partial charge in [0.1, 0.15) is 16.5 Å². The van der Waals surface area contributed by atoms with E-state index in [1.165, 1.54) is 12.1 Å². The molecule has 4 nitrogen and oxygen atoms in total. The van der Waals surface area contributed by atoms with E-state index >= 15 is 0 Å². The molecule has 1 aromatic carbocycles. The van der Waals surface area contributed by atoms with Crippen LogP contribution in [-0.2, 0) is 0 Å². The molecule has 0 aliphatic rings. The molecule has 0 amide bonds. The van der Waals surface area contributed by atoms with E-state index in [-0.39, 0.29) is 16.5 Å². The molecule has 0 saturated carbocycles. The number of pyridine rings is 1. The summed E-state index contributed by atoms with van der Waals surface area (Å²) in [5.74, 6) is -0.796. The van der Waals surface area contributed by atoms with Crippen molar-refractivity contribution in [1.29, 1.82) is 0 Å². The Bertz CT molecular complexity index is 621. The molecule has 98 valence electrons. The number of carbonyl (C=O) groups is 1. The van der Waals surface area contributed by atoms with Crippen LogP contribution < -0.4 is 5.32 Å². The minimum atomic E-state index is -1.04. The van der Waals surface area contributed by atoms with Crippen molar-refractivity contribution in [1.82, 2.24) is 4.98 Å². The second-order valence-corrected chi connectivity index (χ2v) is 4.61. The van der Waals surface area contributed by atoms with Crippen LogP contribution in [0.4, 0.5) is 11.5 Å². The van der Waals surface area contributed by atoms with E-state index in [4.69, 9.17) is 16.7 Å². The zero-order valence-corrected chi connectivity index (χ0v) is 11.3. The van der Waals surface area contributed by atoms with Gasteiger partial charge in [-0.25, -0.2) is 9.78 Å². The molecular weight excluding hydrogens is 264 g/mol. The van der Waals surface area contributed by atoms with Gasteiger partial charge in [0, 0.05) is 5.69 Å². The van der Waals surface area contributed by atoms with Crippen molar-refractivity contribution in [2.45, 2.75) is 13.8 Å². The number of nitrogens with zero attached hydrogens (tertiary/aromatic N) is 1. The summed E-state index contributed by atoms with van der Waals surface area (Å²) in [6.45, 7) is 3.89. The van der Waals surface area contributed by atoms with Crippen LogP contribution in [0.25, 0.3) is 0 Å². The standard InChI is InChI=1S/C14H13ClN2O2/c1-8-4-3-5-9(2)12(8)17-13-10(14(18)19)6-7-11(15)16-13/h3-7H,1-2H3,(H,16,17)(H,18,19). The van der Waals surface area contributed by atoms with E-state index in [1.54, 1.807) is 0 Å². The van der Waals surface area contributed by atoms with Gasteiger partial charge in [-0.15, -0.1) is 0 Å². The summed E-state index contributed by atoms with van der Waals surface area (Å²) in [5, 5.41) is 12.5. The van der Waals surface area contributed by atoms with Crippen LogP contribution >= 0.6 is 11.6 Å². The average molecular weight is 277 g/mol. The lowest BCUT2D eigenvalue weighted by Crippen LogP contribution is -2.06. The van der Waals surface area contributed by atoms with Gasteiger partial charge < -0.3 is 10.4 Å². The number of aromatic carboxylic acids is 1. The summed E-state index contributed by atoms with van der Waals surface area (Å²) in [4.78, 5) is 15.2. The van der Waals surface area contributed by atoms with E-state index in [9.17, 15) is 4.79 Å². The van der Waals surface area contributed by atoms with E-state index < -0.39 is 5.97 Å². The van der Waals surface area contributed by atoms with Gasteiger partial charge in [-0.2, -0.15) is 0 Å². The lowest BCUT2D eigenvalue weighted by molar-refractivity contribution is 0.0697. The Morgan fingerprint density at radius 2 is 1.84 bits per heavy atom. The zero-order valence-electron chi connectivity index (χ0n) is 10.6. The number of carboxylic acids is 1. The number of aryl methyl sites for hydroxylation is 2. The maximum atomic E-state index is 11.2. The molecule has 0 radical (unpaired) electrons. The predicted molar refractivity (Wildman–Crippen MR) is 75.4 cm³/mol. The lowest BCUT2D eigenvalue weighted by Gasteiger charge is -2.13. The van der Waals surface area contributed by atoms with E-state index in [0.717, 1.165) is 16.8 Å². The van der Waals surface area contributed by atoms with Crippen LogP contribution in [0.1, 0.15) is 21.5 Å². The molecule has 0 unspecified atom stereocenters. The van der Waals surface area contributed by atoms with Gasteiger partial charge in [0.2, 0.25) is 0 Å². The summed E-state index contributed by atoms with van der Waals surface area (Å²) >= 11 is 5.82. The van der Waals surface area contributed by atoms with Gasteiger partial charge >= 0.3 is 5.97 Å². The number of nitrogens with one attached hydrogen (secondary N) is 1. The SMILES string of the molecule is Cc1cccc(C)c1Nc1nc(Cl)ccc1C(=O)O. The van der Waals surface area contributed by atoms with Crippen molar-refractivity contribution in [2.75, 3.05) is 5.32 Å². The maximum absolute atomic E-state index is 11.2. The second-order valence-electron chi connectivity index (χ2n) is 4.23. The molecule has 0 atom stereocenters. The van der Waals surface area contributed by atoms with Gasteiger partial charge in [-0.3, -0.25) is 0 Å². The lowest BCUT2D eigenvalue weighted by atomic mass is 10.1. The van der Waals surface area contributed by atoms with Gasteiger partial charge in [0.05, 0.1) is 0 Å². The first-order valence-electron chi connectivity index (χ1n) is 5.72. The third kappa shape index (κ3) is 2.85. The molecule has 2 rings (SSSR count). The fourth-order valence-electron chi connectivity index (χ4n) is 1.83. The third-order valence-electron chi connectivity index (χ3n) is 2.82. The molecule has 0 saturated heterocycles. The number of benzene rings is 1. The van der Waals surface area contributed by atoms with E-state index in [0.29, 0.717) is 0 Å². The highest BCUT2D eigenvalue weighted by Gasteiger charge is 2.13. The Morgan fingerprint density at radius 1 is 1.21 bits per heavy atom. The summed E-state index contributed by atoms with van der Waals surface area (Å²) < 4.78 is 0. The molecule has 1 aromatic heterocycles. The highest BCUT2D eigenvalue weighted by Crippen LogP contribution is 2.26. The molecule has 0 bridgehead atoms. The van der Waals surface area contributed by atoms with Gasteiger partial charge in [-0.1, -0.05) is 29.8 Å². The summed E-state index contributed by atoms with van der Waals surface area (Å²) in [6, 6.07) is 8.73. The van der Waals surface area contributed by atoms with E-state index in [2.05, 4.69) is 10.3 Å². The van der Waals surface area contributed by atoms with Crippen molar-refractivity contribution < 1.29 is 9.90 Å². The Morgan fingerprint density at radius 3 is 2.42 bits per heavy atom. The minimum Gasteiger partial charge on any atom is -0.478 e.